The van der Waals surface area contributed by atoms with E-state index in [-0.39, 0.29) is 17.0 Å². The number of fused-ring (bicyclic) bond motifs is 3. The van der Waals surface area contributed by atoms with Gasteiger partial charge in [-0.2, -0.15) is 58.7 Å². The van der Waals surface area contributed by atoms with Gasteiger partial charge in [0.2, 0.25) is 50.7 Å². The number of allylic oxidation sites excluding steroid dienone is 1. The summed E-state index contributed by atoms with van der Waals surface area (Å²) in [6.45, 7) is 18.0. The van der Waals surface area contributed by atoms with Crippen LogP contribution in [0.2, 0.25) is 0 Å². The highest BCUT2D eigenvalue weighted by Crippen LogP contribution is 2.30. The molecule has 0 aliphatic heterocycles. The third kappa shape index (κ3) is 24.6. The quantitative estimate of drug-likeness (QED) is 0.0183. The highest BCUT2D eigenvalue weighted by Gasteiger charge is 2.27. The maximum absolute atomic E-state index is 12.0. The van der Waals surface area contributed by atoms with Crippen molar-refractivity contribution in [2.24, 2.45) is 5.73 Å². The molecule has 3 aliphatic carbocycles. The minimum atomic E-state index is -3.63. The molecule has 11 N–H and O–H groups in total. The number of carbonyl (C=O) groups excluding carboxylic acids is 3. The molecule has 0 unspecified atom stereocenters. The molecule has 3 aromatic carbocycles. The van der Waals surface area contributed by atoms with Gasteiger partial charge in [-0.05, 0) is 238 Å². The summed E-state index contributed by atoms with van der Waals surface area (Å²) in [4.78, 5) is 67.4. The van der Waals surface area contributed by atoms with E-state index in [1.165, 1.54) is 49.1 Å². The minimum absolute atomic E-state index is 0.189. The summed E-state index contributed by atoms with van der Waals surface area (Å²) in [7, 11) is 9.30. The van der Waals surface area contributed by atoms with Crippen LogP contribution in [0, 0.1) is 0 Å². The van der Waals surface area contributed by atoms with Crippen LogP contribution in [0.1, 0.15) is 135 Å². The molecule has 3 fully saturated rings. The van der Waals surface area contributed by atoms with E-state index in [0.717, 1.165) is 109 Å². The number of rotatable bonds is 21. The Kier molecular flexibility index (Phi) is 29.8. The van der Waals surface area contributed by atoms with Gasteiger partial charge in [-0.25, -0.2) is 13.2 Å². The van der Waals surface area contributed by atoms with Gasteiger partial charge in [-0.1, -0.05) is 52.1 Å². The number of nitrogen functional groups attached to an aromatic ring is 1. The van der Waals surface area contributed by atoms with E-state index in [1.54, 1.807) is 60.3 Å². The van der Waals surface area contributed by atoms with E-state index in [0.29, 0.717) is 88.8 Å². The summed E-state index contributed by atoms with van der Waals surface area (Å²) in [5.41, 5.74) is 20.2. The van der Waals surface area contributed by atoms with Gasteiger partial charge < -0.3 is 62.8 Å². The number of carbonyl (C=O) groups is 3. The fraction of sp³-hybridized carbons (Fsp3) is 0.467. The van der Waals surface area contributed by atoms with Crippen LogP contribution in [-0.2, 0) is 43.4 Å². The Morgan fingerprint density at radius 2 is 0.916 bits per heavy atom. The van der Waals surface area contributed by atoms with E-state index in [2.05, 4.69) is 146 Å². The Bertz CT molecular complexity index is 4570. The predicted octanol–water partition coefficient (Wildman–Crippen LogP) is 12.1. The minimum Gasteiger partial charge on any atom is -0.444 e. The number of amides is 2. The normalized spacial score (nSPS) is 17.9. The number of aryl methyl sites for hydroxylation is 3. The highest BCUT2D eigenvalue weighted by atomic mass is 35.5. The molecule has 6 heterocycles. The average molecular weight is 1510 g/mol. The lowest BCUT2D eigenvalue weighted by Gasteiger charge is -2.33. The van der Waals surface area contributed by atoms with Crippen LogP contribution in [0.5, 0.6) is 0 Å². The van der Waals surface area contributed by atoms with Crippen molar-refractivity contribution in [3.63, 3.8) is 0 Å². The zero-order valence-corrected chi connectivity index (χ0v) is 65.5. The number of hydrogen-bond donors (Lipinski definition) is 9. The van der Waals surface area contributed by atoms with Crippen LogP contribution in [0.25, 0.3) is 16.9 Å². The number of nitrogens with two attached hydrogens (primary N) is 2. The second-order valence-electron chi connectivity index (χ2n) is 28.4. The molecule has 32 heteroatoms. The summed E-state index contributed by atoms with van der Waals surface area (Å²) in [5, 5.41) is 34.7. The highest BCUT2D eigenvalue weighted by molar-refractivity contribution is 7.90. The summed E-state index contributed by atoms with van der Waals surface area (Å²) in [6, 6.07) is 25.2. The first-order chi connectivity index (χ1) is 50.9. The van der Waals surface area contributed by atoms with Gasteiger partial charge in [0.25, 0.3) is 5.16 Å². The van der Waals surface area contributed by atoms with Crippen LogP contribution in [0.4, 0.5) is 68.7 Å². The van der Waals surface area contributed by atoms with E-state index >= 15 is 0 Å². The number of nitrogens with one attached hydrogen (secondary N) is 7. The Balaban J connectivity index is 0.000000184. The first kappa shape index (κ1) is 82.7. The molecule has 6 aromatic heterocycles. The summed E-state index contributed by atoms with van der Waals surface area (Å²) in [5.74, 6) is 2.37. The van der Waals surface area contributed by atoms with Gasteiger partial charge >= 0.3 is 6.09 Å². The van der Waals surface area contributed by atoms with Crippen LogP contribution in [-0.4, -0.2) is 190 Å². The number of aromatic nitrogens is 12. The summed E-state index contributed by atoms with van der Waals surface area (Å²) in [6.07, 6.45) is 24.5. The van der Waals surface area contributed by atoms with Gasteiger partial charge in [-0.3, -0.25) is 14.9 Å². The SMILES string of the molecule is C=CC(=O)Cl.C=CC(=O)Nc1cccc(Nc2nc(NC3CCC(N(C)C)CC3)nc3c(CC)cnn23)c1.CCc1cnn2c(Nc3cccc(N)c3)nc(NC3CCC(N(C)C)CC3)nc12.CCc1cnn2c(Nc3cccc(NC(=O)OC(C)(C)C)c3)nc(S(C)(=O)=O)nc12.CN(C)C1CCC(N)CC1. The van der Waals surface area contributed by atoms with E-state index in [1.807, 2.05) is 67.8 Å². The van der Waals surface area contributed by atoms with Crippen molar-refractivity contribution >= 4 is 119 Å². The van der Waals surface area contributed by atoms with Crippen molar-refractivity contribution in [2.75, 3.05) is 91.5 Å². The third-order valence-electron chi connectivity index (χ3n) is 18.4. The van der Waals surface area contributed by atoms with Crippen molar-refractivity contribution in [2.45, 2.75) is 185 Å². The number of benzene rings is 3. The molecular weight excluding hydrogens is 1400 g/mol. The Labute approximate surface area is 632 Å². The molecule has 2 amide bonds. The van der Waals surface area contributed by atoms with Crippen molar-refractivity contribution in [1.82, 2.24) is 73.4 Å². The topological polar surface area (TPSA) is 370 Å². The zero-order chi connectivity index (χ0) is 77.7. The second kappa shape index (κ2) is 38.6. The Morgan fingerprint density at radius 3 is 1.28 bits per heavy atom. The monoisotopic (exact) mass is 1510 g/mol. The molecule has 107 heavy (non-hydrogen) atoms. The third-order valence-corrected chi connectivity index (χ3v) is 19.4. The molecule has 12 rings (SSSR count). The van der Waals surface area contributed by atoms with Gasteiger partial charge in [-0.15, -0.1) is 0 Å². The molecule has 576 valence electrons. The number of ether oxygens (including phenoxy) is 1. The van der Waals surface area contributed by atoms with Crippen LogP contribution in [0.15, 0.2) is 122 Å². The summed E-state index contributed by atoms with van der Waals surface area (Å²) < 4.78 is 34.3. The molecule has 0 spiro atoms. The Morgan fingerprint density at radius 1 is 0.551 bits per heavy atom. The van der Waals surface area contributed by atoms with Gasteiger partial charge in [0.05, 0.1) is 18.6 Å². The zero-order valence-electron chi connectivity index (χ0n) is 63.9. The molecule has 0 bridgehead atoms. The first-order valence-electron chi connectivity index (χ1n) is 36.3. The number of anilines is 11. The fourth-order valence-corrected chi connectivity index (χ4v) is 13.0. The maximum atomic E-state index is 12.0. The van der Waals surface area contributed by atoms with Gasteiger partial charge in [0.1, 0.15) is 5.60 Å². The van der Waals surface area contributed by atoms with Gasteiger partial charge in [0.15, 0.2) is 16.9 Å². The van der Waals surface area contributed by atoms with Crippen LogP contribution < -0.4 is 48.7 Å². The van der Waals surface area contributed by atoms with Crippen LogP contribution in [0.3, 0.4) is 0 Å². The van der Waals surface area contributed by atoms with Crippen molar-refractivity contribution < 1.29 is 27.5 Å². The van der Waals surface area contributed by atoms with Crippen molar-refractivity contribution in [1.29, 1.82) is 0 Å². The molecule has 3 aliphatic rings. The number of nitrogens with zero attached hydrogens (tertiary/aromatic N) is 15. The number of sulfone groups is 1. The first-order valence-corrected chi connectivity index (χ1v) is 38.5. The lowest BCUT2D eigenvalue weighted by atomic mass is 9.91. The second-order valence-corrected chi connectivity index (χ2v) is 30.7. The largest absolute Gasteiger partial charge is 0.444 e. The molecule has 0 atom stereocenters. The maximum Gasteiger partial charge on any atom is 0.412 e. The Hall–Kier alpha value is -9.92. The fourth-order valence-electron chi connectivity index (χ4n) is 12.5. The van der Waals surface area contributed by atoms with E-state index in [9.17, 15) is 22.8 Å². The molecule has 0 radical (unpaired) electrons. The van der Waals surface area contributed by atoms with Crippen LogP contribution >= 0.6 is 11.6 Å². The molecule has 30 nitrogen and oxygen atoms in total. The van der Waals surface area contributed by atoms with E-state index in [4.69, 9.17) is 47.7 Å². The summed E-state index contributed by atoms with van der Waals surface area (Å²) >= 11 is 4.71. The number of halogens is 1. The van der Waals surface area contributed by atoms with Gasteiger partial charge in [0, 0.05) is 93.3 Å². The lowest BCUT2D eigenvalue weighted by molar-refractivity contribution is -0.112. The van der Waals surface area contributed by atoms with E-state index < -0.39 is 26.8 Å². The van der Waals surface area contributed by atoms with Crippen molar-refractivity contribution in [3.05, 3.63) is 133 Å². The predicted molar refractivity (Wildman–Crippen MR) is 428 cm³/mol. The average Bonchev–Trinajstić information content (AvgIpc) is 1.69. The van der Waals surface area contributed by atoms with Crippen molar-refractivity contribution in [3.8, 4) is 0 Å². The molecular formula is C75H107ClN24O6S. The standard InChI is InChI=1S/C24H32N8O.C21H30N8.C19H24N6O4S.C8H18N2.C3H3ClO/c1-5-16-15-25-32-22(16)29-23(27-17-10-12-20(13-11-17)31(3)4)30-24(32)28-19-9-7-8-18(14-19)26-21(33)6-2;1-4-14-13-23-29-19(14)26-20(24-16-8-10-18(11-9-16)28(2)3)27-21(29)25-17-7-5-6-15(22)12-17;1-6-12-11-20-25-15(12)23-17(30(5,27)28)24-16(25)21-13-8-7-9-14(10-13)22-18(26)29-19(2,3)4;1-10(2)8-5-3-7(9)4-6-8;1-2-3(4)5/h6-9,14-15,17,20H,2,5,10-13H2,1,3-4H3,(H,26,33)(H2,27,28,29,30);5-7,12-13,16,18H,4,8-11,22H2,1-3H3,(H2,24,25,26,27);7-11H,6H2,1-5H3,(H,22,26)(H,21,23,24);7-8H,3-6,9H2,1-2H3;2H,1H2. The molecule has 3 saturated carbocycles. The molecule has 0 saturated heterocycles. The molecule has 9 aromatic rings. The number of hydrogen-bond acceptors (Lipinski definition) is 25. The smallest absolute Gasteiger partial charge is 0.412 e. The lowest BCUT2D eigenvalue weighted by Crippen LogP contribution is -2.36.